The second kappa shape index (κ2) is 10.7. The number of halogens is 3. The molecule has 2 unspecified atom stereocenters. The summed E-state index contributed by atoms with van der Waals surface area (Å²) in [5.74, 6) is -3.16. The van der Waals surface area contributed by atoms with Crippen molar-refractivity contribution in [2.75, 3.05) is 24.6 Å². The van der Waals surface area contributed by atoms with E-state index in [-0.39, 0.29) is 17.4 Å². The summed E-state index contributed by atoms with van der Waals surface area (Å²) in [7, 11) is 0. The maximum absolute atomic E-state index is 13.9. The Morgan fingerprint density at radius 2 is 1.76 bits per heavy atom. The van der Waals surface area contributed by atoms with Crippen LogP contribution in [0.3, 0.4) is 0 Å². The van der Waals surface area contributed by atoms with Crippen molar-refractivity contribution in [3.05, 3.63) is 74.2 Å². The van der Waals surface area contributed by atoms with E-state index >= 15 is 0 Å². The molecule has 214 valence electrons. The number of hydrogen-bond acceptors (Lipinski definition) is 7. The van der Waals surface area contributed by atoms with Crippen LogP contribution in [-0.2, 0) is 20.6 Å². The monoisotopic (exact) mass is 603 g/mol. The number of carbonyl (C=O) groups excluding carboxylic acids is 3. The van der Waals surface area contributed by atoms with Crippen molar-refractivity contribution in [3.8, 4) is 5.75 Å². The standard InChI is InChI=1S/C28H24F3N3O5S2/c29-28(30,31)17-9-2-3-10-18(17)34-25(36)21-20(22-24(32-27(38)41-22)40-23(21)26(34)37)15-7-6-8-16(13-15)39-14-19(35)33-11-4-1-5-12-33/h2-3,6-10,13,20-21,23H,1,4-5,11-12,14H2,(H,32,38)/t20-,21?,23?/m1/s1. The molecule has 3 aliphatic rings. The third-order valence-corrected chi connectivity index (χ3v) is 9.96. The van der Waals surface area contributed by atoms with Crippen LogP contribution < -0.4 is 14.5 Å². The van der Waals surface area contributed by atoms with Gasteiger partial charge in [-0.15, -0.1) is 0 Å². The van der Waals surface area contributed by atoms with Crippen molar-refractivity contribution in [3.63, 3.8) is 0 Å². The maximum Gasteiger partial charge on any atom is 0.418 e. The quantitative estimate of drug-likeness (QED) is 0.427. The number of fused-ring (bicyclic) bond motifs is 2. The number of thiazole rings is 1. The molecule has 3 amide bonds. The summed E-state index contributed by atoms with van der Waals surface area (Å²) in [4.78, 5) is 57.6. The zero-order valence-corrected chi connectivity index (χ0v) is 23.1. The smallest absolute Gasteiger partial charge is 0.418 e. The number of amides is 3. The van der Waals surface area contributed by atoms with Crippen LogP contribution in [0.1, 0.15) is 41.2 Å². The summed E-state index contributed by atoms with van der Waals surface area (Å²) in [5.41, 5.74) is -1.06. The van der Waals surface area contributed by atoms with Gasteiger partial charge in [0.25, 0.3) is 5.91 Å². The molecule has 0 saturated carbocycles. The number of benzene rings is 2. The second-order valence-electron chi connectivity index (χ2n) is 10.1. The van der Waals surface area contributed by atoms with Gasteiger partial charge in [-0.3, -0.25) is 19.2 Å². The molecule has 2 fully saturated rings. The Kier molecular flexibility index (Phi) is 7.18. The van der Waals surface area contributed by atoms with Gasteiger partial charge < -0.3 is 14.6 Å². The highest BCUT2D eigenvalue weighted by molar-refractivity contribution is 8.00. The number of thioether (sulfide) groups is 1. The zero-order chi connectivity index (χ0) is 28.9. The van der Waals surface area contributed by atoms with Gasteiger partial charge in [0, 0.05) is 23.9 Å². The van der Waals surface area contributed by atoms with Crippen LogP contribution in [0.2, 0.25) is 0 Å². The minimum atomic E-state index is -4.78. The van der Waals surface area contributed by atoms with E-state index in [1.807, 2.05) is 0 Å². The van der Waals surface area contributed by atoms with Gasteiger partial charge in [0.2, 0.25) is 11.8 Å². The van der Waals surface area contributed by atoms with E-state index in [1.54, 1.807) is 29.2 Å². The van der Waals surface area contributed by atoms with E-state index in [2.05, 4.69) is 4.98 Å². The molecule has 2 aromatic carbocycles. The molecule has 3 aromatic rings. The van der Waals surface area contributed by atoms with Crippen LogP contribution in [0.25, 0.3) is 0 Å². The first kappa shape index (κ1) is 27.6. The number of alkyl halides is 3. The molecule has 6 rings (SSSR count). The molecule has 41 heavy (non-hydrogen) atoms. The van der Waals surface area contributed by atoms with Gasteiger partial charge >= 0.3 is 11.0 Å². The van der Waals surface area contributed by atoms with Gasteiger partial charge in [-0.05, 0) is 49.1 Å². The first-order chi connectivity index (χ1) is 19.6. The number of rotatable bonds is 5. The average molecular weight is 604 g/mol. The molecule has 1 aromatic heterocycles. The second-order valence-corrected chi connectivity index (χ2v) is 12.2. The number of anilines is 1. The number of aromatic nitrogens is 1. The molecule has 0 bridgehead atoms. The van der Waals surface area contributed by atoms with Crippen molar-refractivity contribution in [1.82, 2.24) is 9.88 Å². The molecular formula is C28H24F3N3O5S2. The van der Waals surface area contributed by atoms with Crippen LogP contribution >= 0.6 is 23.1 Å². The summed E-state index contributed by atoms with van der Waals surface area (Å²) in [6, 6.07) is 11.2. The molecule has 2 saturated heterocycles. The number of nitrogens with zero attached hydrogens (tertiary/aromatic N) is 2. The number of H-pyrrole nitrogens is 1. The average Bonchev–Trinajstić information content (AvgIpc) is 3.45. The third-order valence-electron chi connectivity index (χ3n) is 7.56. The Balaban J connectivity index is 1.34. The number of imide groups is 1. The van der Waals surface area contributed by atoms with Crippen LogP contribution in [0, 0.1) is 5.92 Å². The van der Waals surface area contributed by atoms with Crippen molar-refractivity contribution in [2.45, 2.75) is 41.6 Å². The lowest BCUT2D eigenvalue weighted by molar-refractivity contribution is -0.137. The van der Waals surface area contributed by atoms with Crippen molar-refractivity contribution >= 4 is 46.5 Å². The topological polar surface area (TPSA) is 99.8 Å². The number of hydrogen-bond donors (Lipinski definition) is 1. The van der Waals surface area contributed by atoms with E-state index in [9.17, 15) is 32.3 Å². The fourth-order valence-corrected chi connectivity index (χ4v) is 8.21. The maximum atomic E-state index is 13.9. The van der Waals surface area contributed by atoms with Crippen LogP contribution in [0.15, 0.2) is 58.4 Å². The predicted molar refractivity (Wildman–Crippen MR) is 146 cm³/mol. The lowest BCUT2D eigenvalue weighted by Crippen LogP contribution is -2.38. The molecule has 0 radical (unpaired) electrons. The van der Waals surface area contributed by atoms with Crippen LogP contribution in [0.4, 0.5) is 18.9 Å². The summed E-state index contributed by atoms with van der Waals surface area (Å²) in [5, 5.41) is -0.637. The van der Waals surface area contributed by atoms with Gasteiger partial charge in [-0.1, -0.05) is 47.4 Å². The minimum Gasteiger partial charge on any atom is -0.484 e. The first-order valence-electron chi connectivity index (χ1n) is 13.1. The number of ether oxygens (including phenoxy) is 1. The Hall–Kier alpha value is -3.58. The lowest BCUT2D eigenvalue weighted by atomic mass is 9.83. The number of piperidine rings is 1. The van der Waals surface area contributed by atoms with Crippen molar-refractivity contribution < 1.29 is 32.3 Å². The molecule has 13 heteroatoms. The first-order valence-corrected chi connectivity index (χ1v) is 14.8. The molecule has 1 N–H and O–H groups in total. The molecule has 8 nitrogen and oxygen atoms in total. The molecule has 0 spiro atoms. The number of likely N-dealkylation sites (tertiary alicyclic amines) is 1. The number of para-hydroxylation sites is 1. The van der Waals surface area contributed by atoms with Gasteiger partial charge in [0.05, 0.1) is 22.2 Å². The summed E-state index contributed by atoms with van der Waals surface area (Å²) in [6.45, 7) is 1.20. The fourth-order valence-electron chi connectivity index (χ4n) is 5.70. The predicted octanol–water partition coefficient (Wildman–Crippen LogP) is 4.64. The highest BCUT2D eigenvalue weighted by Crippen LogP contribution is 2.54. The van der Waals surface area contributed by atoms with E-state index in [0.29, 0.717) is 39.2 Å². The van der Waals surface area contributed by atoms with E-state index in [0.717, 1.165) is 54.5 Å². The Morgan fingerprint density at radius 3 is 2.51 bits per heavy atom. The lowest BCUT2D eigenvalue weighted by Gasteiger charge is -2.30. The molecule has 3 atom stereocenters. The highest BCUT2D eigenvalue weighted by atomic mass is 32.2. The van der Waals surface area contributed by atoms with Crippen molar-refractivity contribution in [2.24, 2.45) is 5.92 Å². The third kappa shape index (κ3) is 5.05. The largest absolute Gasteiger partial charge is 0.484 e. The summed E-state index contributed by atoms with van der Waals surface area (Å²) in [6.07, 6.45) is -1.80. The fraction of sp³-hybridized carbons (Fsp3) is 0.357. The summed E-state index contributed by atoms with van der Waals surface area (Å²) < 4.78 is 47.3. The van der Waals surface area contributed by atoms with E-state index in [4.69, 9.17) is 4.74 Å². The van der Waals surface area contributed by atoms with E-state index < -0.39 is 46.3 Å². The van der Waals surface area contributed by atoms with Gasteiger partial charge in [0.1, 0.15) is 11.0 Å². The molecular weight excluding hydrogens is 579 g/mol. The SMILES string of the molecule is O=C(COc1cccc([C@H]2c3sc(=O)[nH]c3SC3C(=O)N(c4ccccc4C(F)(F)F)C(=O)C32)c1)N1CCCCC1. The van der Waals surface area contributed by atoms with Crippen LogP contribution in [-0.4, -0.2) is 52.6 Å². The van der Waals surface area contributed by atoms with Gasteiger partial charge in [-0.2, -0.15) is 13.2 Å². The summed E-state index contributed by atoms with van der Waals surface area (Å²) >= 11 is 1.88. The molecule has 3 aliphatic heterocycles. The normalized spacial score (nSPS) is 22.5. The zero-order valence-electron chi connectivity index (χ0n) is 21.5. The Bertz CT molecular complexity index is 1580. The van der Waals surface area contributed by atoms with Crippen molar-refractivity contribution in [1.29, 1.82) is 0 Å². The minimum absolute atomic E-state index is 0.133. The van der Waals surface area contributed by atoms with Gasteiger partial charge in [-0.25, -0.2) is 4.90 Å². The van der Waals surface area contributed by atoms with Gasteiger partial charge in [0.15, 0.2) is 6.61 Å². The molecule has 4 heterocycles. The Morgan fingerprint density at radius 1 is 1.00 bits per heavy atom. The highest BCUT2D eigenvalue weighted by Gasteiger charge is 2.57. The number of aromatic amines is 1. The van der Waals surface area contributed by atoms with Crippen LogP contribution in [0.5, 0.6) is 5.75 Å². The number of carbonyl (C=O) groups is 3. The molecule has 0 aliphatic carbocycles. The number of nitrogens with one attached hydrogen (secondary N) is 1. The van der Waals surface area contributed by atoms with E-state index in [1.165, 1.54) is 12.1 Å². The Labute approximate surface area is 240 Å².